The van der Waals surface area contributed by atoms with Gasteiger partial charge < -0.3 is 15.6 Å². The normalized spacial score (nSPS) is 15.0. The maximum atomic E-state index is 12.6. The number of rotatable bonds is 3. The number of halogens is 1. The zero-order chi connectivity index (χ0) is 13.9. The molecule has 0 aliphatic carbocycles. The molecule has 1 rings (SSSR count). The summed E-state index contributed by atoms with van der Waals surface area (Å²) in [5.41, 5.74) is 5.17. The van der Waals surface area contributed by atoms with E-state index in [1.54, 1.807) is 20.8 Å². The molecule has 0 fully saturated rings. The summed E-state index contributed by atoms with van der Waals surface area (Å²) in [5.74, 6) is -1.39. The third-order valence-electron chi connectivity index (χ3n) is 2.11. The maximum absolute atomic E-state index is 12.6. The summed E-state index contributed by atoms with van der Waals surface area (Å²) in [5, 5.41) is 9.86. The van der Waals surface area contributed by atoms with Crippen LogP contribution < -0.4 is 5.73 Å². The number of nitrogens with two attached hydrogens (primary N) is 1. The van der Waals surface area contributed by atoms with Crippen LogP contribution in [0, 0.1) is 5.95 Å². The molecule has 0 aliphatic heterocycles. The Morgan fingerprint density at radius 1 is 1.50 bits per heavy atom. The second-order valence-corrected chi connectivity index (χ2v) is 4.92. The minimum atomic E-state index is -1.28. The van der Waals surface area contributed by atoms with Crippen LogP contribution in [0.1, 0.15) is 32.4 Å². The van der Waals surface area contributed by atoms with Crippen molar-refractivity contribution >= 4 is 5.97 Å². The van der Waals surface area contributed by atoms with Crippen LogP contribution in [0.15, 0.2) is 18.3 Å². The predicted molar refractivity (Wildman–Crippen MR) is 63.0 cm³/mol. The molecule has 6 heteroatoms. The highest BCUT2D eigenvalue weighted by atomic mass is 19.1. The Kier molecular flexibility index (Phi) is 4.37. The molecule has 1 aromatic heterocycles. The van der Waals surface area contributed by atoms with E-state index in [4.69, 9.17) is 10.5 Å². The minimum absolute atomic E-state index is 0.259. The van der Waals surface area contributed by atoms with E-state index in [9.17, 15) is 14.3 Å². The molecule has 3 N–H and O–H groups in total. The van der Waals surface area contributed by atoms with Gasteiger partial charge in [-0.15, -0.1) is 0 Å². The van der Waals surface area contributed by atoms with Gasteiger partial charge in [0.15, 0.2) is 0 Å². The van der Waals surface area contributed by atoms with Crippen LogP contribution in [-0.2, 0) is 9.53 Å². The monoisotopic (exact) mass is 256 g/mol. The molecule has 1 heterocycles. The zero-order valence-corrected chi connectivity index (χ0v) is 10.6. The van der Waals surface area contributed by atoms with Gasteiger partial charge in [0.1, 0.15) is 17.7 Å². The molecule has 100 valence electrons. The van der Waals surface area contributed by atoms with E-state index in [0.717, 1.165) is 12.3 Å². The van der Waals surface area contributed by atoms with E-state index in [1.807, 2.05) is 0 Å². The highest BCUT2D eigenvalue weighted by Gasteiger charge is 2.29. The van der Waals surface area contributed by atoms with Crippen molar-refractivity contribution in [3.05, 3.63) is 29.8 Å². The summed E-state index contributed by atoms with van der Waals surface area (Å²) in [6, 6.07) is 1.16. The first-order valence-corrected chi connectivity index (χ1v) is 5.48. The Balaban J connectivity index is 2.74. The first-order valence-electron chi connectivity index (χ1n) is 5.48. The first-order chi connectivity index (χ1) is 8.20. The summed E-state index contributed by atoms with van der Waals surface area (Å²) < 4.78 is 17.7. The number of esters is 1. The smallest absolute Gasteiger partial charge is 0.326 e. The Morgan fingerprint density at radius 2 is 2.11 bits per heavy atom. The predicted octanol–water partition coefficient (Wildman–Crippen LogP) is 0.923. The summed E-state index contributed by atoms with van der Waals surface area (Å²) >= 11 is 0. The number of nitrogens with zero attached hydrogens (tertiary/aromatic N) is 1. The van der Waals surface area contributed by atoms with Gasteiger partial charge in [-0.05, 0) is 26.8 Å². The van der Waals surface area contributed by atoms with Gasteiger partial charge >= 0.3 is 5.97 Å². The lowest BCUT2D eigenvalue weighted by Gasteiger charge is -2.24. The number of carbonyl (C=O) groups is 1. The molecule has 5 nitrogen and oxygen atoms in total. The third-order valence-corrected chi connectivity index (χ3v) is 2.11. The second kappa shape index (κ2) is 5.41. The van der Waals surface area contributed by atoms with Crippen molar-refractivity contribution in [2.24, 2.45) is 5.73 Å². The number of pyridine rings is 1. The number of aromatic nitrogens is 1. The number of aliphatic hydroxyl groups is 1. The van der Waals surface area contributed by atoms with Crippen molar-refractivity contribution in [2.75, 3.05) is 0 Å². The quantitative estimate of drug-likeness (QED) is 0.620. The standard InChI is InChI=1S/C12H17FN2O3/c1-12(2,3)18-11(17)9(14)10(16)7-4-5-8(13)15-6-7/h4-6,9-10,16H,14H2,1-3H3/t9-,10+/m0/s1. The van der Waals surface area contributed by atoms with Crippen molar-refractivity contribution in [1.29, 1.82) is 0 Å². The molecule has 0 aliphatic rings. The van der Waals surface area contributed by atoms with E-state index in [0.29, 0.717) is 0 Å². The van der Waals surface area contributed by atoms with Gasteiger partial charge in [-0.25, -0.2) is 4.98 Å². The fraction of sp³-hybridized carbons (Fsp3) is 0.500. The largest absolute Gasteiger partial charge is 0.459 e. The lowest BCUT2D eigenvalue weighted by atomic mass is 10.0. The molecule has 0 aromatic carbocycles. The Morgan fingerprint density at radius 3 is 2.56 bits per heavy atom. The maximum Gasteiger partial charge on any atom is 0.326 e. The van der Waals surface area contributed by atoms with Gasteiger partial charge in [-0.2, -0.15) is 4.39 Å². The van der Waals surface area contributed by atoms with Crippen LogP contribution in [0.2, 0.25) is 0 Å². The molecule has 0 saturated carbocycles. The average Bonchev–Trinajstić information content (AvgIpc) is 2.26. The molecule has 0 bridgehead atoms. The highest BCUT2D eigenvalue weighted by molar-refractivity contribution is 5.76. The summed E-state index contributed by atoms with van der Waals surface area (Å²) in [6.45, 7) is 5.09. The van der Waals surface area contributed by atoms with Gasteiger partial charge in [0, 0.05) is 11.8 Å². The van der Waals surface area contributed by atoms with E-state index in [2.05, 4.69) is 4.98 Å². The van der Waals surface area contributed by atoms with Crippen molar-refractivity contribution < 1.29 is 19.0 Å². The summed E-state index contributed by atoms with van der Waals surface area (Å²) in [6.07, 6.45) is -0.155. The lowest BCUT2D eigenvalue weighted by molar-refractivity contribution is -0.159. The number of carbonyl (C=O) groups excluding carboxylic acids is 1. The third kappa shape index (κ3) is 4.05. The van der Waals surface area contributed by atoms with Crippen LogP contribution in [0.4, 0.5) is 4.39 Å². The Bertz CT molecular complexity index is 414. The fourth-order valence-corrected chi connectivity index (χ4v) is 1.27. The van der Waals surface area contributed by atoms with Crippen LogP contribution in [0.3, 0.4) is 0 Å². The van der Waals surface area contributed by atoms with Crippen molar-refractivity contribution in [2.45, 2.75) is 38.5 Å². The summed E-state index contributed by atoms with van der Waals surface area (Å²) in [4.78, 5) is 15.0. The van der Waals surface area contributed by atoms with E-state index < -0.39 is 29.7 Å². The molecule has 0 radical (unpaired) electrons. The molecule has 0 unspecified atom stereocenters. The number of hydrogen-bond acceptors (Lipinski definition) is 5. The molecule has 2 atom stereocenters. The average molecular weight is 256 g/mol. The van der Waals surface area contributed by atoms with Crippen molar-refractivity contribution in [3.8, 4) is 0 Å². The van der Waals surface area contributed by atoms with Crippen LogP contribution >= 0.6 is 0 Å². The molecule has 18 heavy (non-hydrogen) atoms. The molecule has 0 saturated heterocycles. The Labute approximate surface area is 105 Å². The Hall–Kier alpha value is -1.53. The van der Waals surface area contributed by atoms with Crippen molar-refractivity contribution in [1.82, 2.24) is 4.98 Å². The van der Waals surface area contributed by atoms with E-state index >= 15 is 0 Å². The van der Waals surface area contributed by atoms with Gasteiger partial charge in [0.25, 0.3) is 0 Å². The fourth-order valence-electron chi connectivity index (χ4n) is 1.27. The number of aliphatic hydroxyl groups excluding tert-OH is 1. The first kappa shape index (κ1) is 14.5. The highest BCUT2D eigenvalue weighted by Crippen LogP contribution is 2.18. The molecule has 0 amide bonds. The van der Waals surface area contributed by atoms with Gasteiger partial charge in [0.2, 0.25) is 5.95 Å². The lowest BCUT2D eigenvalue weighted by Crippen LogP contribution is -2.41. The molecular formula is C12H17FN2O3. The number of hydrogen-bond donors (Lipinski definition) is 2. The molecule has 1 aromatic rings. The van der Waals surface area contributed by atoms with Gasteiger partial charge in [-0.3, -0.25) is 4.79 Å². The molecule has 0 spiro atoms. The second-order valence-electron chi connectivity index (χ2n) is 4.92. The van der Waals surface area contributed by atoms with Crippen LogP contribution in [-0.4, -0.2) is 27.7 Å². The molecular weight excluding hydrogens is 239 g/mol. The minimum Gasteiger partial charge on any atom is -0.459 e. The SMILES string of the molecule is CC(C)(C)OC(=O)[C@@H](N)[C@H](O)c1ccc(F)nc1. The van der Waals surface area contributed by atoms with Gasteiger partial charge in [-0.1, -0.05) is 6.07 Å². The topological polar surface area (TPSA) is 85.4 Å². The summed E-state index contributed by atoms with van der Waals surface area (Å²) in [7, 11) is 0. The number of ether oxygens (including phenoxy) is 1. The van der Waals surface area contributed by atoms with Crippen LogP contribution in [0.25, 0.3) is 0 Å². The van der Waals surface area contributed by atoms with E-state index in [1.165, 1.54) is 6.07 Å². The zero-order valence-electron chi connectivity index (χ0n) is 10.6. The van der Waals surface area contributed by atoms with Crippen molar-refractivity contribution in [3.63, 3.8) is 0 Å². The van der Waals surface area contributed by atoms with Gasteiger partial charge in [0.05, 0.1) is 0 Å². The van der Waals surface area contributed by atoms with E-state index in [-0.39, 0.29) is 5.56 Å². The van der Waals surface area contributed by atoms with Crippen LogP contribution in [0.5, 0.6) is 0 Å².